The average molecular weight is 378 g/mol. The number of nitrogens with one attached hydrogen (secondary N) is 2. The Labute approximate surface area is 158 Å². The topological polar surface area (TPSA) is 111 Å². The molecular formula is C19H26N2O6. The van der Waals surface area contributed by atoms with Gasteiger partial charge in [0.15, 0.2) is 5.78 Å². The zero-order valence-electron chi connectivity index (χ0n) is 15.9. The molecule has 0 atom stereocenters. The molecule has 0 aliphatic rings. The normalized spacial score (nSPS) is 10.6. The summed E-state index contributed by atoms with van der Waals surface area (Å²) >= 11 is 0. The quantitative estimate of drug-likeness (QED) is 0.633. The van der Waals surface area contributed by atoms with Crippen LogP contribution < -0.4 is 10.6 Å². The minimum atomic E-state index is -0.717. The summed E-state index contributed by atoms with van der Waals surface area (Å²) in [6, 6.07) is 9.21. The summed E-state index contributed by atoms with van der Waals surface area (Å²) < 4.78 is 10.1. The van der Waals surface area contributed by atoms with Crippen molar-refractivity contribution in [1.82, 2.24) is 10.6 Å². The Morgan fingerprint density at radius 2 is 1.59 bits per heavy atom. The third kappa shape index (κ3) is 11.4. The molecule has 0 radical (unpaired) electrons. The van der Waals surface area contributed by atoms with Crippen LogP contribution in [0.15, 0.2) is 30.3 Å². The molecule has 0 aromatic heterocycles. The number of carbonyl (C=O) groups excluding carboxylic acids is 4. The van der Waals surface area contributed by atoms with Crippen molar-refractivity contribution >= 4 is 23.8 Å². The second kappa shape index (κ2) is 10.9. The molecule has 0 spiro atoms. The fourth-order valence-electron chi connectivity index (χ4n) is 1.87. The third-order valence-electron chi connectivity index (χ3n) is 3.13. The molecule has 148 valence electrons. The first-order chi connectivity index (χ1) is 12.7. The molecule has 8 heteroatoms. The zero-order chi connectivity index (χ0) is 20.3. The van der Waals surface area contributed by atoms with Crippen LogP contribution in [0.1, 0.15) is 39.2 Å². The highest BCUT2D eigenvalue weighted by Crippen LogP contribution is 2.06. The van der Waals surface area contributed by atoms with E-state index in [0.717, 1.165) is 5.56 Å². The van der Waals surface area contributed by atoms with Crippen LogP contribution in [0.25, 0.3) is 0 Å². The highest BCUT2D eigenvalue weighted by Gasteiger charge is 2.17. The summed E-state index contributed by atoms with van der Waals surface area (Å²) in [6.07, 6.45) is -0.810. The van der Waals surface area contributed by atoms with E-state index in [1.165, 1.54) is 0 Å². The molecule has 0 unspecified atom stereocenters. The van der Waals surface area contributed by atoms with Gasteiger partial charge in [0.05, 0.1) is 13.0 Å². The van der Waals surface area contributed by atoms with Crippen molar-refractivity contribution in [3.05, 3.63) is 35.9 Å². The van der Waals surface area contributed by atoms with E-state index in [1.54, 1.807) is 20.8 Å². The number of esters is 1. The summed E-state index contributed by atoms with van der Waals surface area (Å²) in [5.41, 5.74) is 0.202. The van der Waals surface area contributed by atoms with E-state index >= 15 is 0 Å². The Bertz CT molecular complexity index is 652. The molecular weight excluding hydrogens is 352 g/mol. The van der Waals surface area contributed by atoms with Gasteiger partial charge in [-0.3, -0.25) is 14.4 Å². The van der Waals surface area contributed by atoms with Gasteiger partial charge in [0.25, 0.3) is 0 Å². The van der Waals surface area contributed by atoms with Gasteiger partial charge in [-0.2, -0.15) is 0 Å². The van der Waals surface area contributed by atoms with Crippen LogP contribution in [0, 0.1) is 0 Å². The molecule has 0 fully saturated rings. The van der Waals surface area contributed by atoms with Gasteiger partial charge in [-0.05, 0) is 26.3 Å². The second-order valence-corrected chi connectivity index (χ2v) is 6.82. The van der Waals surface area contributed by atoms with Gasteiger partial charge in [0.2, 0.25) is 5.91 Å². The number of rotatable bonds is 9. The summed E-state index contributed by atoms with van der Waals surface area (Å²) in [5, 5.41) is 4.66. The van der Waals surface area contributed by atoms with E-state index < -0.39 is 23.6 Å². The van der Waals surface area contributed by atoms with Crippen LogP contribution in [0.2, 0.25) is 0 Å². The highest BCUT2D eigenvalue weighted by atomic mass is 16.6. The second-order valence-electron chi connectivity index (χ2n) is 6.82. The zero-order valence-corrected chi connectivity index (χ0v) is 15.9. The van der Waals surface area contributed by atoms with E-state index in [9.17, 15) is 19.2 Å². The fourth-order valence-corrected chi connectivity index (χ4v) is 1.87. The summed E-state index contributed by atoms with van der Waals surface area (Å²) in [5.74, 6) is -1.32. The predicted molar refractivity (Wildman–Crippen MR) is 97.7 cm³/mol. The molecule has 0 aliphatic carbocycles. The number of ketones is 1. The largest absolute Gasteiger partial charge is 0.461 e. The fraction of sp³-hybridized carbons (Fsp3) is 0.474. The van der Waals surface area contributed by atoms with E-state index in [-0.39, 0.29) is 38.3 Å². The number of benzene rings is 1. The van der Waals surface area contributed by atoms with Gasteiger partial charge in [-0.15, -0.1) is 0 Å². The first-order valence-electron chi connectivity index (χ1n) is 8.60. The minimum Gasteiger partial charge on any atom is -0.461 e. The van der Waals surface area contributed by atoms with Crippen LogP contribution >= 0.6 is 0 Å². The predicted octanol–water partition coefficient (Wildman–Crippen LogP) is 1.72. The molecule has 1 aromatic carbocycles. The molecule has 0 heterocycles. The maximum Gasteiger partial charge on any atom is 0.408 e. The minimum absolute atomic E-state index is 0.0343. The molecule has 0 saturated heterocycles. The van der Waals surface area contributed by atoms with Gasteiger partial charge >= 0.3 is 12.1 Å². The molecule has 2 amide bonds. The van der Waals surface area contributed by atoms with Crippen LogP contribution in [-0.2, 0) is 30.5 Å². The molecule has 0 aliphatic heterocycles. The lowest BCUT2D eigenvalue weighted by molar-refractivity contribution is -0.146. The Morgan fingerprint density at radius 3 is 2.22 bits per heavy atom. The van der Waals surface area contributed by atoms with Crippen molar-refractivity contribution in [2.75, 3.05) is 13.1 Å². The van der Waals surface area contributed by atoms with Crippen LogP contribution in [-0.4, -0.2) is 42.4 Å². The summed E-state index contributed by atoms with van der Waals surface area (Å²) in [6.45, 7) is 4.74. The van der Waals surface area contributed by atoms with Gasteiger partial charge in [0, 0.05) is 6.42 Å². The number of amides is 2. The van der Waals surface area contributed by atoms with Crippen molar-refractivity contribution in [3.8, 4) is 0 Å². The maximum atomic E-state index is 11.7. The van der Waals surface area contributed by atoms with E-state index in [0.29, 0.717) is 0 Å². The van der Waals surface area contributed by atoms with Crippen LogP contribution in [0.5, 0.6) is 0 Å². The van der Waals surface area contributed by atoms with Crippen molar-refractivity contribution in [1.29, 1.82) is 0 Å². The lowest BCUT2D eigenvalue weighted by Gasteiger charge is -2.19. The Kier molecular flexibility index (Phi) is 8.98. The average Bonchev–Trinajstić information content (AvgIpc) is 2.60. The first-order valence-corrected chi connectivity index (χ1v) is 8.60. The molecule has 27 heavy (non-hydrogen) atoms. The molecule has 2 N–H and O–H groups in total. The van der Waals surface area contributed by atoms with Crippen molar-refractivity contribution in [2.45, 2.75) is 45.8 Å². The van der Waals surface area contributed by atoms with Gasteiger partial charge in [0.1, 0.15) is 18.8 Å². The maximum absolute atomic E-state index is 11.7. The molecule has 0 bridgehead atoms. The standard InChI is InChI=1S/C19H26N2O6/c1-19(2,3)27-18(25)21-12-16(23)20-11-15(22)9-10-17(24)26-13-14-7-5-4-6-8-14/h4-8H,9-13H2,1-3H3,(H,20,23)(H,21,25). The van der Waals surface area contributed by atoms with Crippen molar-refractivity contribution in [3.63, 3.8) is 0 Å². The Hall–Kier alpha value is -2.90. The van der Waals surface area contributed by atoms with Gasteiger partial charge < -0.3 is 20.1 Å². The monoisotopic (exact) mass is 378 g/mol. The summed E-state index contributed by atoms with van der Waals surface area (Å²) in [7, 11) is 0. The molecule has 8 nitrogen and oxygen atoms in total. The van der Waals surface area contributed by atoms with Crippen molar-refractivity contribution < 1.29 is 28.7 Å². The Balaban J connectivity index is 2.14. The number of carbonyl (C=O) groups is 4. The highest BCUT2D eigenvalue weighted by molar-refractivity contribution is 5.89. The lowest BCUT2D eigenvalue weighted by atomic mass is 10.2. The summed E-state index contributed by atoms with van der Waals surface area (Å²) in [4.78, 5) is 46.3. The Morgan fingerprint density at radius 1 is 0.926 bits per heavy atom. The lowest BCUT2D eigenvalue weighted by Crippen LogP contribution is -2.41. The molecule has 0 saturated carbocycles. The number of hydrogen-bond acceptors (Lipinski definition) is 6. The molecule has 1 aromatic rings. The number of ether oxygens (including phenoxy) is 2. The van der Waals surface area contributed by atoms with Crippen molar-refractivity contribution in [2.24, 2.45) is 0 Å². The number of hydrogen-bond donors (Lipinski definition) is 2. The number of alkyl carbamates (subject to hydrolysis) is 1. The SMILES string of the molecule is CC(C)(C)OC(=O)NCC(=O)NCC(=O)CCC(=O)OCc1ccccc1. The van der Waals surface area contributed by atoms with E-state index in [1.807, 2.05) is 30.3 Å². The number of Topliss-reactive ketones (excluding diaryl/α,β-unsaturated/α-hetero) is 1. The van der Waals surface area contributed by atoms with Gasteiger partial charge in [-0.25, -0.2) is 4.79 Å². The van der Waals surface area contributed by atoms with E-state index in [4.69, 9.17) is 9.47 Å². The third-order valence-corrected chi connectivity index (χ3v) is 3.13. The first kappa shape index (κ1) is 22.1. The van der Waals surface area contributed by atoms with Crippen LogP contribution in [0.4, 0.5) is 4.79 Å². The van der Waals surface area contributed by atoms with Crippen LogP contribution in [0.3, 0.4) is 0 Å². The smallest absolute Gasteiger partial charge is 0.408 e. The molecule has 1 rings (SSSR count). The van der Waals surface area contributed by atoms with Gasteiger partial charge in [-0.1, -0.05) is 30.3 Å². The van der Waals surface area contributed by atoms with E-state index in [2.05, 4.69) is 10.6 Å².